The molecule has 0 saturated heterocycles. The van der Waals surface area contributed by atoms with E-state index in [-0.39, 0.29) is 12.5 Å². The van der Waals surface area contributed by atoms with Crippen LogP contribution in [0, 0.1) is 11.8 Å². The summed E-state index contributed by atoms with van der Waals surface area (Å²) in [6.07, 6.45) is 9.49. The third-order valence-corrected chi connectivity index (χ3v) is 4.32. The van der Waals surface area contributed by atoms with E-state index in [4.69, 9.17) is 14.6 Å². The van der Waals surface area contributed by atoms with Gasteiger partial charge in [0.25, 0.3) is 5.91 Å². The number of aliphatic hydroxyl groups excluding tert-OH is 1. The summed E-state index contributed by atoms with van der Waals surface area (Å²) < 4.78 is 11.5. The monoisotopic (exact) mass is 332 g/mol. The molecule has 24 heavy (non-hydrogen) atoms. The Balaban J connectivity index is 1.60. The summed E-state index contributed by atoms with van der Waals surface area (Å²) in [5, 5.41) is 11.6. The third-order valence-electron chi connectivity index (χ3n) is 4.32. The van der Waals surface area contributed by atoms with E-state index in [0.29, 0.717) is 36.3 Å². The first-order chi connectivity index (χ1) is 11.8. The largest absolute Gasteiger partial charge is 0.459 e. The van der Waals surface area contributed by atoms with E-state index >= 15 is 0 Å². The van der Waals surface area contributed by atoms with Crippen molar-refractivity contribution in [3.05, 3.63) is 36.4 Å². The molecule has 130 valence electrons. The molecule has 2 heterocycles. The normalized spacial score (nSPS) is 23.3. The average molecular weight is 332 g/mol. The molecule has 0 radical (unpaired) electrons. The van der Waals surface area contributed by atoms with E-state index in [1.54, 1.807) is 24.5 Å². The molecule has 1 aromatic heterocycles. The maximum atomic E-state index is 12.5. The van der Waals surface area contributed by atoms with Gasteiger partial charge in [-0.2, -0.15) is 0 Å². The molecular weight excluding hydrogens is 308 g/mol. The second kappa shape index (κ2) is 8.26. The molecule has 1 saturated carbocycles. The molecular formula is C18H24N2O4. The van der Waals surface area contributed by atoms with Gasteiger partial charge in [-0.1, -0.05) is 0 Å². The zero-order chi connectivity index (χ0) is 16.8. The highest BCUT2D eigenvalue weighted by molar-refractivity contribution is 6.02. The minimum absolute atomic E-state index is 0.165. The number of pyridine rings is 1. The Labute approximate surface area is 141 Å². The van der Waals surface area contributed by atoms with Gasteiger partial charge >= 0.3 is 0 Å². The molecule has 0 bridgehead atoms. The molecule has 2 N–H and O–H groups in total. The second-order valence-corrected chi connectivity index (χ2v) is 6.31. The molecule has 1 fully saturated rings. The van der Waals surface area contributed by atoms with Crippen molar-refractivity contribution in [3.8, 4) is 0 Å². The summed E-state index contributed by atoms with van der Waals surface area (Å²) in [6.45, 7) is 0.693. The lowest BCUT2D eigenvalue weighted by molar-refractivity contribution is -0.147. The van der Waals surface area contributed by atoms with Gasteiger partial charge in [0.1, 0.15) is 0 Å². The molecule has 0 spiro atoms. The van der Waals surface area contributed by atoms with Crippen molar-refractivity contribution < 1.29 is 19.4 Å². The number of aromatic nitrogens is 1. The van der Waals surface area contributed by atoms with Crippen molar-refractivity contribution in [2.24, 2.45) is 11.8 Å². The minimum Gasteiger partial charge on any atom is -0.459 e. The van der Waals surface area contributed by atoms with Crippen LogP contribution in [0.3, 0.4) is 0 Å². The summed E-state index contributed by atoms with van der Waals surface area (Å²) in [4.78, 5) is 16.4. The van der Waals surface area contributed by atoms with Crippen LogP contribution < -0.4 is 5.32 Å². The van der Waals surface area contributed by atoms with Crippen LogP contribution in [0.2, 0.25) is 0 Å². The van der Waals surface area contributed by atoms with Gasteiger partial charge in [-0.15, -0.1) is 0 Å². The fourth-order valence-corrected chi connectivity index (χ4v) is 2.86. The molecule has 2 aliphatic rings. The molecule has 6 nitrogen and oxygen atoms in total. The zero-order valence-electron chi connectivity index (χ0n) is 13.7. The number of hydrogen-bond acceptors (Lipinski definition) is 5. The molecule has 1 aliphatic heterocycles. The van der Waals surface area contributed by atoms with Crippen LogP contribution in [0.1, 0.15) is 32.1 Å². The van der Waals surface area contributed by atoms with Crippen molar-refractivity contribution in [2.75, 3.05) is 18.5 Å². The Morgan fingerprint density at radius 3 is 3.00 bits per heavy atom. The highest BCUT2D eigenvalue weighted by Gasteiger charge is 2.37. The maximum Gasteiger partial charge on any atom is 0.290 e. The predicted molar refractivity (Wildman–Crippen MR) is 88.9 cm³/mol. The van der Waals surface area contributed by atoms with Crippen LogP contribution in [0.25, 0.3) is 0 Å². The maximum absolute atomic E-state index is 12.5. The lowest BCUT2D eigenvalue weighted by Crippen LogP contribution is -2.30. The van der Waals surface area contributed by atoms with Crippen molar-refractivity contribution in [2.45, 2.75) is 38.4 Å². The SMILES string of the molecule is O=C(Nc1cccnc1)C1=C[C@@H](C2CC2)C[C@@H](OCCCCO)O1. The van der Waals surface area contributed by atoms with Gasteiger partial charge in [-0.25, -0.2) is 0 Å². The van der Waals surface area contributed by atoms with Gasteiger partial charge in [0.05, 0.1) is 18.5 Å². The number of nitrogens with one attached hydrogen (secondary N) is 1. The molecule has 1 amide bonds. The Kier molecular flexibility index (Phi) is 5.82. The van der Waals surface area contributed by atoms with E-state index in [0.717, 1.165) is 12.8 Å². The Morgan fingerprint density at radius 2 is 2.29 bits per heavy atom. The van der Waals surface area contributed by atoms with E-state index in [2.05, 4.69) is 10.3 Å². The lowest BCUT2D eigenvalue weighted by atomic mass is 9.96. The quantitative estimate of drug-likeness (QED) is 0.715. The standard InChI is InChI=1S/C18H24N2O4/c21-8-1-2-9-23-17-11-14(13-5-6-13)10-16(24-17)18(22)20-15-4-3-7-19-12-15/h3-4,7,10,12-14,17,21H,1-2,5-6,8-9,11H2,(H,20,22)/t14-,17+/m1/s1. The number of ether oxygens (including phenoxy) is 2. The van der Waals surface area contributed by atoms with Crippen LogP contribution in [-0.4, -0.2) is 35.5 Å². The van der Waals surface area contributed by atoms with Gasteiger partial charge in [0.2, 0.25) is 6.29 Å². The Bertz CT molecular complexity index is 572. The minimum atomic E-state index is -0.394. The third kappa shape index (κ3) is 4.79. The number of unbranched alkanes of at least 4 members (excludes halogenated alkanes) is 1. The number of carbonyl (C=O) groups is 1. The van der Waals surface area contributed by atoms with E-state index < -0.39 is 6.29 Å². The Morgan fingerprint density at radius 1 is 1.42 bits per heavy atom. The van der Waals surface area contributed by atoms with Crippen LogP contribution in [0.15, 0.2) is 36.4 Å². The zero-order valence-corrected chi connectivity index (χ0v) is 13.7. The van der Waals surface area contributed by atoms with Crippen molar-refractivity contribution in [1.82, 2.24) is 4.98 Å². The van der Waals surface area contributed by atoms with Crippen LogP contribution in [0.5, 0.6) is 0 Å². The molecule has 0 unspecified atom stereocenters. The number of rotatable bonds is 8. The summed E-state index contributed by atoms with van der Waals surface area (Å²) in [5.41, 5.74) is 0.640. The molecule has 3 rings (SSSR count). The number of nitrogens with zero attached hydrogens (tertiary/aromatic N) is 1. The molecule has 0 aromatic carbocycles. The fourth-order valence-electron chi connectivity index (χ4n) is 2.86. The summed E-state index contributed by atoms with van der Waals surface area (Å²) in [6, 6.07) is 3.56. The first kappa shape index (κ1) is 16.9. The molecule has 6 heteroatoms. The lowest BCUT2D eigenvalue weighted by Gasteiger charge is -2.29. The number of aliphatic hydroxyl groups is 1. The smallest absolute Gasteiger partial charge is 0.290 e. The predicted octanol–water partition coefficient (Wildman–Crippen LogP) is 2.47. The van der Waals surface area contributed by atoms with Gasteiger partial charge in [-0.05, 0) is 55.7 Å². The topological polar surface area (TPSA) is 80.7 Å². The first-order valence-corrected chi connectivity index (χ1v) is 8.58. The molecule has 1 aliphatic carbocycles. The van der Waals surface area contributed by atoms with E-state index in [9.17, 15) is 4.79 Å². The average Bonchev–Trinajstić information content (AvgIpc) is 3.44. The van der Waals surface area contributed by atoms with Crippen molar-refractivity contribution >= 4 is 11.6 Å². The van der Waals surface area contributed by atoms with Gasteiger partial charge in [0.15, 0.2) is 5.76 Å². The summed E-state index contributed by atoms with van der Waals surface area (Å²) in [7, 11) is 0. The van der Waals surface area contributed by atoms with Crippen LogP contribution >= 0.6 is 0 Å². The van der Waals surface area contributed by atoms with Crippen LogP contribution in [0.4, 0.5) is 5.69 Å². The van der Waals surface area contributed by atoms with Gasteiger partial charge in [-0.3, -0.25) is 9.78 Å². The number of allylic oxidation sites excluding steroid dienone is 1. The highest BCUT2D eigenvalue weighted by atomic mass is 16.7. The van der Waals surface area contributed by atoms with Crippen LogP contribution in [-0.2, 0) is 14.3 Å². The van der Waals surface area contributed by atoms with E-state index in [1.807, 2.05) is 6.08 Å². The summed E-state index contributed by atoms with van der Waals surface area (Å²) in [5.74, 6) is 1.03. The number of anilines is 1. The van der Waals surface area contributed by atoms with Crippen molar-refractivity contribution in [3.63, 3.8) is 0 Å². The fraction of sp³-hybridized carbons (Fsp3) is 0.556. The summed E-state index contributed by atoms with van der Waals surface area (Å²) >= 11 is 0. The Hall–Kier alpha value is -1.92. The second-order valence-electron chi connectivity index (χ2n) is 6.31. The molecule has 2 atom stereocenters. The number of carbonyl (C=O) groups excluding carboxylic acids is 1. The van der Waals surface area contributed by atoms with Crippen molar-refractivity contribution in [1.29, 1.82) is 0 Å². The van der Waals surface area contributed by atoms with E-state index in [1.165, 1.54) is 12.8 Å². The number of amides is 1. The van der Waals surface area contributed by atoms with Gasteiger partial charge in [0, 0.05) is 19.2 Å². The number of hydrogen-bond donors (Lipinski definition) is 2. The first-order valence-electron chi connectivity index (χ1n) is 8.58. The molecule has 1 aromatic rings. The van der Waals surface area contributed by atoms with Gasteiger partial charge < -0.3 is 19.9 Å². The highest BCUT2D eigenvalue weighted by Crippen LogP contribution is 2.42.